The topological polar surface area (TPSA) is 79.4 Å². The summed E-state index contributed by atoms with van der Waals surface area (Å²) >= 11 is 1.36. The number of sulfonamides is 1. The van der Waals surface area contributed by atoms with Crippen molar-refractivity contribution in [1.29, 1.82) is 0 Å². The lowest BCUT2D eigenvalue weighted by molar-refractivity contribution is -0.116. The summed E-state index contributed by atoms with van der Waals surface area (Å²) < 4.78 is 26.5. The molecule has 1 aliphatic rings. The van der Waals surface area contributed by atoms with Crippen molar-refractivity contribution in [2.75, 3.05) is 11.9 Å². The summed E-state index contributed by atoms with van der Waals surface area (Å²) in [7, 11) is -3.31. The number of nitrogens with one attached hydrogen (secondary N) is 1. The fourth-order valence-electron chi connectivity index (χ4n) is 3.90. The van der Waals surface area contributed by atoms with Gasteiger partial charge in [0.15, 0.2) is 5.13 Å². The van der Waals surface area contributed by atoms with Gasteiger partial charge in [0.05, 0.1) is 10.9 Å². The van der Waals surface area contributed by atoms with Gasteiger partial charge in [0.1, 0.15) is 0 Å². The van der Waals surface area contributed by atoms with Gasteiger partial charge in [-0.25, -0.2) is 13.4 Å². The number of anilines is 1. The summed E-state index contributed by atoms with van der Waals surface area (Å²) in [4.78, 5) is 18.4. The Labute approximate surface area is 193 Å². The van der Waals surface area contributed by atoms with Gasteiger partial charge in [-0.3, -0.25) is 4.79 Å². The SMILES string of the molecule is CC(C)S(=O)(=O)N1CCc2nc(NC(=O)CC(c3ccccc3)c3ccccc3)sc2C1. The zero-order valence-corrected chi connectivity index (χ0v) is 19.8. The van der Waals surface area contributed by atoms with Gasteiger partial charge in [-0.2, -0.15) is 4.31 Å². The fourth-order valence-corrected chi connectivity index (χ4v) is 6.27. The van der Waals surface area contributed by atoms with Crippen molar-refractivity contribution >= 4 is 32.4 Å². The molecule has 0 bridgehead atoms. The Hall–Kier alpha value is -2.55. The van der Waals surface area contributed by atoms with E-state index in [9.17, 15) is 13.2 Å². The third kappa shape index (κ3) is 4.92. The third-order valence-corrected chi connectivity index (χ3v) is 8.91. The summed E-state index contributed by atoms with van der Waals surface area (Å²) in [6.45, 7) is 4.13. The van der Waals surface area contributed by atoms with Crippen LogP contribution in [0.15, 0.2) is 60.7 Å². The maximum atomic E-state index is 12.9. The highest BCUT2D eigenvalue weighted by Gasteiger charge is 2.31. The molecule has 2 heterocycles. The van der Waals surface area contributed by atoms with E-state index in [1.807, 2.05) is 60.7 Å². The van der Waals surface area contributed by atoms with Gasteiger partial charge < -0.3 is 5.32 Å². The van der Waals surface area contributed by atoms with Gasteiger partial charge in [-0.15, -0.1) is 11.3 Å². The Morgan fingerprint density at radius 1 is 1.06 bits per heavy atom. The van der Waals surface area contributed by atoms with Gasteiger partial charge >= 0.3 is 0 Å². The van der Waals surface area contributed by atoms with E-state index in [-0.39, 0.29) is 11.8 Å². The molecule has 32 heavy (non-hydrogen) atoms. The Kier molecular flexibility index (Phi) is 6.74. The van der Waals surface area contributed by atoms with E-state index in [0.29, 0.717) is 31.1 Å². The van der Waals surface area contributed by atoms with E-state index >= 15 is 0 Å². The molecule has 1 aliphatic heterocycles. The van der Waals surface area contributed by atoms with Crippen LogP contribution in [0.5, 0.6) is 0 Å². The van der Waals surface area contributed by atoms with E-state index in [0.717, 1.165) is 21.7 Å². The Balaban J connectivity index is 1.48. The molecule has 2 aromatic carbocycles. The highest BCUT2D eigenvalue weighted by Crippen LogP contribution is 2.32. The summed E-state index contributed by atoms with van der Waals surface area (Å²) in [6.07, 6.45) is 0.858. The Morgan fingerprint density at radius 2 is 1.66 bits per heavy atom. The lowest BCUT2D eigenvalue weighted by Crippen LogP contribution is -2.39. The first-order chi connectivity index (χ1) is 15.3. The van der Waals surface area contributed by atoms with Gasteiger partial charge in [0.2, 0.25) is 15.9 Å². The molecule has 0 spiro atoms. The van der Waals surface area contributed by atoms with Gasteiger partial charge in [-0.05, 0) is 25.0 Å². The number of carbonyl (C=O) groups excluding carboxylic acids is 1. The number of thiazole rings is 1. The van der Waals surface area contributed by atoms with Crippen molar-refractivity contribution in [3.05, 3.63) is 82.4 Å². The van der Waals surface area contributed by atoms with Crippen LogP contribution in [0.2, 0.25) is 0 Å². The van der Waals surface area contributed by atoms with Crippen molar-refractivity contribution in [3.8, 4) is 0 Å². The maximum absolute atomic E-state index is 12.9. The second-order valence-corrected chi connectivity index (χ2v) is 11.8. The second-order valence-electron chi connectivity index (χ2n) is 8.19. The first kappa shape index (κ1) is 22.6. The highest BCUT2D eigenvalue weighted by molar-refractivity contribution is 7.89. The lowest BCUT2D eigenvalue weighted by atomic mass is 9.88. The van der Waals surface area contributed by atoms with Crippen LogP contribution in [-0.4, -0.2) is 35.4 Å². The van der Waals surface area contributed by atoms with Gasteiger partial charge in [-0.1, -0.05) is 60.7 Å². The molecule has 8 heteroatoms. The second kappa shape index (κ2) is 9.52. The maximum Gasteiger partial charge on any atom is 0.227 e. The number of carbonyl (C=O) groups is 1. The molecule has 6 nitrogen and oxygen atoms in total. The molecule has 168 valence electrons. The minimum atomic E-state index is -3.31. The zero-order chi connectivity index (χ0) is 22.7. The normalized spacial score (nSPS) is 14.5. The van der Waals surface area contributed by atoms with Crippen LogP contribution in [0.4, 0.5) is 5.13 Å². The fraction of sp³-hybridized carbons (Fsp3) is 0.333. The molecular weight excluding hydrogens is 442 g/mol. The molecule has 1 amide bonds. The standard InChI is InChI=1S/C24H27N3O3S2/c1-17(2)32(29,30)27-14-13-21-22(16-27)31-24(25-21)26-23(28)15-20(18-9-5-3-6-10-18)19-11-7-4-8-12-19/h3-12,17,20H,13-16H2,1-2H3,(H,25,26,28). The predicted molar refractivity (Wildman–Crippen MR) is 128 cm³/mol. The lowest BCUT2D eigenvalue weighted by Gasteiger charge is -2.26. The molecule has 0 fully saturated rings. The first-order valence-corrected chi connectivity index (χ1v) is 13.0. The molecule has 4 rings (SSSR count). The minimum Gasteiger partial charge on any atom is -0.302 e. The zero-order valence-electron chi connectivity index (χ0n) is 18.2. The number of nitrogens with zero attached hydrogens (tertiary/aromatic N) is 2. The van der Waals surface area contributed by atoms with E-state index < -0.39 is 15.3 Å². The monoisotopic (exact) mass is 469 g/mol. The molecule has 0 saturated heterocycles. The average Bonchev–Trinajstić information content (AvgIpc) is 3.20. The van der Waals surface area contributed by atoms with Crippen LogP contribution in [0.25, 0.3) is 0 Å². The summed E-state index contributed by atoms with van der Waals surface area (Å²) in [6, 6.07) is 20.0. The molecule has 3 aromatic rings. The molecule has 1 N–H and O–H groups in total. The van der Waals surface area contributed by atoms with Crippen molar-refractivity contribution in [1.82, 2.24) is 9.29 Å². The number of rotatable bonds is 7. The molecule has 0 saturated carbocycles. The van der Waals surface area contributed by atoms with E-state index in [1.165, 1.54) is 15.6 Å². The average molecular weight is 470 g/mol. The largest absolute Gasteiger partial charge is 0.302 e. The number of fused-ring (bicyclic) bond motifs is 1. The highest BCUT2D eigenvalue weighted by atomic mass is 32.2. The van der Waals surface area contributed by atoms with Crippen LogP contribution in [0, 0.1) is 0 Å². The molecule has 0 aliphatic carbocycles. The summed E-state index contributed by atoms with van der Waals surface area (Å²) in [5, 5.41) is 3.02. The molecular formula is C24H27N3O3S2. The van der Waals surface area contributed by atoms with Crippen LogP contribution in [0.1, 0.15) is 47.9 Å². The van der Waals surface area contributed by atoms with Crippen molar-refractivity contribution in [2.45, 2.75) is 44.4 Å². The van der Waals surface area contributed by atoms with E-state index in [1.54, 1.807) is 13.8 Å². The molecule has 0 radical (unpaired) electrons. The van der Waals surface area contributed by atoms with E-state index in [4.69, 9.17) is 0 Å². The van der Waals surface area contributed by atoms with Crippen molar-refractivity contribution < 1.29 is 13.2 Å². The third-order valence-electron chi connectivity index (χ3n) is 5.69. The van der Waals surface area contributed by atoms with Crippen LogP contribution in [-0.2, 0) is 27.8 Å². The van der Waals surface area contributed by atoms with Crippen LogP contribution >= 0.6 is 11.3 Å². The molecule has 0 atom stereocenters. The van der Waals surface area contributed by atoms with Crippen molar-refractivity contribution in [3.63, 3.8) is 0 Å². The predicted octanol–water partition coefficient (Wildman–Crippen LogP) is 4.40. The molecule has 1 aromatic heterocycles. The quantitative estimate of drug-likeness (QED) is 0.556. The number of aromatic nitrogens is 1. The Morgan fingerprint density at radius 3 is 2.22 bits per heavy atom. The minimum absolute atomic E-state index is 0.0568. The number of hydrogen-bond donors (Lipinski definition) is 1. The molecule has 0 unspecified atom stereocenters. The van der Waals surface area contributed by atoms with E-state index in [2.05, 4.69) is 10.3 Å². The van der Waals surface area contributed by atoms with Crippen molar-refractivity contribution in [2.24, 2.45) is 0 Å². The number of amides is 1. The first-order valence-electron chi connectivity index (χ1n) is 10.7. The smallest absolute Gasteiger partial charge is 0.227 e. The summed E-state index contributed by atoms with van der Waals surface area (Å²) in [5.74, 6) is -0.167. The van der Waals surface area contributed by atoms with Crippen LogP contribution < -0.4 is 5.32 Å². The Bertz CT molecular complexity index is 1140. The van der Waals surface area contributed by atoms with Gasteiger partial charge in [0, 0.05) is 36.7 Å². The number of benzene rings is 2. The van der Waals surface area contributed by atoms with Crippen LogP contribution in [0.3, 0.4) is 0 Å². The summed E-state index contributed by atoms with van der Waals surface area (Å²) in [5.41, 5.74) is 3.05. The number of hydrogen-bond acceptors (Lipinski definition) is 5. The van der Waals surface area contributed by atoms with Gasteiger partial charge in [0.25, 0.3) is 0 Å².